The predicted molar refractivity (Wildman–Crippen MR) is 116 cm³/mol. The molecule has 28 heavy (non-hydrogen) atoms. The van der Waals surface area contributed by atoms with E-state index in [1.807, 2.05) is 36.7 Å². The molecule has 0 fully saturated rings. The summed E-state index contributed by atoms with van der Waals surface area (Å²) in [5.74, 6) is 0.534. The maximum atomic E-state index is 4.48. The van der Waals surface area contributed by atoms with Crippen LogP contribution in [-0.4, -0.2) is 28.0 Å². The van der Waals surface area contributed by atoms with E-state index in [0.29, 0.717) is 5.92 Å². The van der Waals surface area contributed by atoms with Gasteiger partial charge in [0.15, 0.2) is 0 Å². The van der Waals surface area contributed by atoms with Gasteiger partial charge in [-0.1, -0.05) is 32.0 Å². The number of rotatable bonds is 9. The van der Waals surface area contributed by atoms with Crippen molar-refractivity contribution in [2.75, 3.05) is 18.4 Å². The van der Waals surface area contributed by atoms with Crippen LogP contribution in [0.5, 0.6) is 0 Å². The Morgan fingerprint density at radius 3 is 2.07 bits per heavy atom. The lowest BCUT2D eigenvalue weighted by molar-refractivity contribution is 0.261. The topological polar surface area (TPSA) is 41.0 Å². The van der Waals surface area contributed by atoms with Crippen LogP contribution in [0.2, 0.25) is 0 Å². The average Bonchev–Trinajstić information content (AvgIpc) is 2.70. The van der Waals surface area contributed by atoms with Crippen molar-refractivity contribution in [1.82, 2.24) is 14.9 Å². The van der Waals surface area contributed by atoms with Gasteiger partial charge >= 0.3 is 0 Å². The number of benzene rings is 1. The third kappa shape index (κ3) is 5.89. The van der Waals surface area contributed by atoms with Crippen molar-refractivity contribution in [2.45, 2.75) is 39.8 Å². The third-order valence-electron chi connectivity index (χ3n) is 4.88. The fourth-order valence-electron chi connectivity index (χ4n) is 3.39. The molecule has 4 nitrogen and oxygen atoms in total. The first-order valence-corrected chi connectivity index (χ1v) is 9.98. The van der Waals surface area contributed by atoms with Crippen LogP contribution in [0.3, 0.4) is 0 Å². The minimum atomic E-state index is 0.534. The van der Waals surface area contributed by atoms with Gasteiger partial charge in [0.05, 0.1) is 11.4 Å². The maximum absolute atomic E-state index is 4.48. The number of hydrogen-bond donors (Lipinski definition) is 1. The van der Waals surface area contributed by atoms with Gasteiger partial charge in [-0.3, -0.25) is 14.9 Å². The van der Waals surface area contributed by atoms with Crippen LogP contribution < -0.4 is 5.32 Å². The monoisotopic (exact) mass is 374 g/mol. The summed E-state index contributed by atoms with van der Waals surface area (Å²) in [4.78, 5) is 11.4. The summed E-state index contributed by atoms with van der Waals surface area (Å²) in [6, 6.07) is 18.8. The first kappa shape index (κ1) is 20.0. The van der Waals surface area contributed by atoms with E-state index in [2.05, 4.69) is 71.3 Å². The number of anilines is 1. The second-order valence-corrected chi connectivity index (χ2v) is 7.51. The van der Waals surface area contributed by atoms with Crippen LogP contribution in [0.15, 0.2) is 67.0 Å². The summed E-state index contributed by atoms with van der Waals surface area (Å²) in [5, 5.41) is 3.59. The molecule has 2 heterocycles. The third-order valence-corrected chi connectivity index (χ3v) is 4.88. The normalized spacial score (nSPS) is 11.2. The fourth-order valence-corrected chi connectivity index (χ4v) is 3.39. The highest BCUT2D eigenvalue weighted by atomic mass is 15.1. The lowest BCUT2D eigenvalue weighted by Crippen LogP contribution is -2.29. The van der Waals surface area contributed by atoms with Gasteiger partial charge in [-0.25, -0.2) is 0 Å². The van der Waals surface area contributed by atoms with E-state index < -0.39 is 0 Å². The number of aromatic nitrogens is 2. The molecule has 0 bridgehead atoms. The van der Waals surface area contributed by atoms with Crippen LogP contribution in [0, 0.1) is 6.92 Å². The standard InChI is InChI=1S/C24H30N4/c1-19(2)24-16-21(11-10-20(24)3)27-14-15-28(17-22-8-4-6-12-25-22)18-23-9-5-7-13-26-23/h4-13,16,19,27H,14-15,17-18H2,1-3H3. The second-order valence-electron chi connectivity index (χ2n) is 7.51. The molecule has 0 aliphatic rings. The number of nitrogens with zero attached hydrogens (tertiary/aromatic N) is 3. The lowest BCUT2D eigenvalue weighted by atomic mass is 9.97. The van der Waals surface area contributed by atoms with Crippen LogP contribution >= 0.6 is 0 Å². The number of hydrogen-bond acceptors (Lipinski definition) is 4. The molecule has 3 aromatic rings. The van der Waals surface area contributed by atoms with Gasteiger partial charge < -0.3 is 5.32 Å². The van der Waals surface area contributed by atoms with Gasteiger partial charge in [-0.15, -0.1) is 0 Å². The minimum Gasteiger partial charge on any atom is -0.384 e. The zero-order valence-corrected chi connectivity index (χ0v) is 17.1. The zero-order valence-electron chi connectivity index (χ0n) is 17.1. The molecule has 146 valence electrons. The van der Waals surface area contributed by atoms with E-state index >= 15 is 0 Å². The molecule has 0 radical (unpaired) electrons. The molecule has 4 heteroatoms. The summed E-state index contributed by atoms with van der Waals surface area (Å²) in [5.41, 5.74) is 6.10. The highest BCUT2D eigenvalue weighted by Gasteiger charge is 2.09. The van der Waals surface area contributed by atoms with Gasteiger partial charge in [-0.05, 0) is 60.4 Å². The maximum Gasteiger partial charge on any atom is 0.0544 e. The van der Waals surface area contributed by atoms with Gasteiger partial charge in [0.25, 0.3) is 0 Å². The predicted octanol–water partition coefficient (Wildman–Crippen LogP) is 5.02. The van der Waals surface area contributed by atoms with Crippen LogP contribution in [0.25, 0.3) is 0 Å². The largest absolute Gasteiger partial charge is 0.384 e. The Bertz CT molecular complexity index is 805. The Hall–Kier alpha value is -2.72. The average molecular weight is 375 g/mol. The van der Waals surface area contributed by atoms with Crippen molar-refractivity contribution < 1.29 is 0 Å². The molecule has 0 saturated carbocycles. The Morgan fingerprint density at radius 2 is 1.54 bits per heavy atom. The van der Waals surface area contributed by atoms with Crippen LogP contribution in [0.1, 0.15) is 42.3 Å². The molecule has 0 spiro atoms. The summed E-state index contributed by atoms with van der Waals surface area (Å²) in [7, 11) is 0. The number of aryl methyl sites for hydroxylation is 1. The van der Waals surface area contributed by atoms with Crippen molar-refractivity contribution in [1.29, 1.82) is 0 Å². The van der Waals surface area contributed by atoms with E-state index in [9.17, 15) is 0 Å². The first-order valence-electron chi connectivity index (χ1n) is 9.98. The zero-order chi connectivity index (χ0) is 19.8. The molecule has 1 aromatic carbocycles. The molecule has 0 aliphatic heterocycles. The van der Waals surface area contributed by atoms with Gasteiger partial charge in [-0.2, -0.15) is 0 Å². The molecule has 2 aromatic heterocycles. The van der Waals surface area contributed by atoms with Crippen LogP contribution in [0.4, 0.5) is 5.69 Å². The Balaban J connectivity index is 1.63. The highest BCUT2D eigenvalue weighted by molar-refractivity contribution is 5.49. The second kappa shape index (κ2) is 10.00. The molecule has 1 N–H and O–H groups in total. The first-order chi connectivity index (χ1) is 13.6. The van der Waals surface area contributed by atoms with Crippen molar-refractivity contribution in [3.8, 4) is 0 Å². The molecule has 0 aliphatic carbocycles. The van der Waals surface area contributed by atoms with Gasteiger partial charge in [0.2, 0.25) is 0 Å². The number of nitrogens with one attached hydrogen (secondary N) is 1. The Kier molecular flexibility index (Phi) is 7.15. The number of pyridine rings is 2. The van der Waals surface area contributed by atoms with Crippen molar-refractivity contribution in [2.24, 2.45) is 0 Å². The molecule has 3 rings (SSSR count). The summed E-state index contributed by atoms with van der Waals surface area (Å²) in [6.45, 7) is 10.1. The fraction of sp³-hybridized carbons (Fsp3) is 0.333. The molecular weight excluding hydrogens is 344 g/mol. The highest BCUT2D eigenvalue weighted by Crippen LogP contribution is 2.22. The summed E-state index contributed by atoms with van der Waals surface area (Å²) < 4.78 is 0. The SMILES string of the molecule is Cc1ccc(NCCN(Cc2ccccn2)Cc2ccccn2)cc1C(C)C. The van der Waals surface area contributed by atoms with Crippen molar-refractivity contribution in [3.05, 3.63) is 89.5 Å². The van der Waals surface area contributed by atoms with Crippen LogP contribution in [-0.2, 0) is 13.1 Å². The Morgan fingerprint density at radius 1 is 0.893 bits per heavy atom. The van der Waals surface area contributed by atoms with E-state index in [1.165, 1.54) is 16.8 Å². The van der Waals surface area contributed by atoms with E-state index in [0.717, 1.165) is 37.6 Å². The smallest absolute Gasteiger partial charge is 0.0544 e. The van der Waals surface area contributed by atoms with E-state index in [1.54, 1.807) is 0 Å². The van der Waals surface area contributed by atoms with Crippen molar-refractivity contribution >= 4 is 5.69 Å². The lowest BCUT2D eigenvalue weighted by Gasteiger charge is -2.22. The summed E-state index contributed by atoms with van der Waals surface area (Å²) in [6.07, 6.45) is 3.71. The molecule has 0 saturated heterocycles. The van der Waals surface area contributed by atoms with Crippen molar-refractivity contribution in [3.63, 3.8) is 0 Å². The molecular formula is C24H30N4. The summed E-state index contributed by atoms with van der Waals surface area (Å²) >= 11 is 0. The molecule has 0 unspecified atom stereocenters. The van der Waals surface area contributed by atoms with E-state index in [-0.39, 0.29) is 0 Å². The van der Waals surface area contributed by atoms with Gasteiger partial charge in [0.1, 0.15) is 0 Å². The van der Waals surface area contributed by atoms with E-state index in [4.69, 9.17) is 0 Å². The quantitative estimate of drug-likeness (QED) is 0.571. The molecule has 0 atom stereocenters. The molecule has 0 amide bonds. The minimum absolute atomic E-state index is 0.534. The Labute approximate surface area is 168 Å². The van der Waals surface area contributed by atoms with Gasteiger partial charge in [0, 0.05) is 44.3 Å².